The highest BCUT2D eigenvalue weighted by atomic mass is 16.5. The second-order valence-corrected chi connectivity index (χ2v) is 5.49. The van der Waals surface area contributed by atoms with Crippen LogP contribution in [0.15, 0.2) is 53.8 Å². The molecule has 2 aromatic carbocycles. The smallest absolute Gasteiger partial charge is 0.119 e. The number of benzene rings is 2. The largest absolute Gasteiger partial charge is 0.497 e. The van der Waals surface area contributed by atoms with Gasteiger partial charge in [-0.3, -0.25) is 0 Å². The average Bonchev–Trinajstić information content (AvgIpc) is 2.51. The third-order valence-corrected chi connectivity index (χ3v) is 3.69. The zero-order chi connectivity index (χ0) is 15.5. The SMILES string of the molecule is CCC(O)(C=C=C(C)C)c1ccc2cc(OC)ccc2c1. The van der Waals surface area contributed by atoms with Gasteiger partial charge in [0.25, 0.3) is 0 Å². The molecular formula is C19H22O2. The normalized spacial score (nSPS) is 13.4. The molecular weight excluding hydrogens is 260 g/mol. The van der Waals surface area contributed by atoms with Crippen LogP contribution in [0.2, 0.25) is 0 Å². The zero-order valence-corrected chi connectivity index (χ0v) is 13.1. The number of fused-ring (bicyclic) bond motifs is 1. The van der Waals surface area contributed by atoms with Gasteiger partial charge in [-0.05, 0) is 66.5 Å². The van der Waals surface area contributed by atoms with Crippen LogP contribution < -0.4 is 4.74 Å². The van der Waals surface area contributed by atoms with Gasteiger partial charge in [0.2, 0.25) is 0 Å². The van der Waals surface area contributed by atoms with E-state index in [-0.39, 0.29) is 0 Å². The molecule has 0 aliphatic carbocycles. The van der Waals surface area contributed by atoms with Crippen molar-refractivity contribution in [3.8, 4) is 5.75 Å². The summed E-state index contributed by atoms with van der Waals surface area (Å²) in [6, 6.07) is 12.0. The molecule has 2 rings (SSSR count). The first kappa shape index (κ1) is 15.4. The van der Waals surface area contributed by atoms with Crippen molar-refractivity contribution in [1.82, 2.24) is 0 Å². The van der Waals surface area contributed by atoms with Crippen molar-refractivity contribution in [1.29, 1.82) is 0 Å². The van der Waals surface area contributed by atoms with E-state index in [4.69, 9.17) is 4.74 Å². The lowest BCUT2D eigenvalue weighted by Crippen LogP contribution is -2.21. The maximum atomic E-state index is 10.8. The minimum Gasteiger partial charge on any atom is -0.497 e. The quantitative estimate of drug-likeness (QED) is 0.832. The molecule has 2 heteroatoms. The molecule has 1 N–H and O–H groups in total. The van der Waals surface area contributed by atoms with E-state index in [1.54, 1.807) is 13.2 Å². The summed E-state index contributed by atoms with van der Waals surface area (Å²) in [5.74, 6) is 0.838. The predicted molar refractivity (Wildman–Crippen MR) is 87.6 cm³/mol. The minimum atomic E-state index is -0.981. The Balaban J connectivity index is 2.53. The van der Waals surface area contributed by atoms with Crippen molar-refractivity contribution in [3.05, 3.63) is 59.3 Å². The molecule has 0 heterocycles. The minimum absolute atomic E-state index is 0.606. The molecule has 0 bridgehead atoms. The van der Waals surface area contributed by atoms with E-state index in [1.165, 1.54) is 0 Å². The molecule has 0 aliphatic rings. The lowest BCUT2D eigenvalue weighted by Gasteiger charge is -2.23. The Bertz CT molecular complexity index is 705. The van der Waals surface area contributed by atoms with E-state index in [9.17, 15) is 5.11 Å². The number of rotatable bonds is 4. The van der Waals surface area contributed by atoms with Gasteiger partial charge in [-0.25, -0.2) is 0 Å². The van der Waals surface area contributed by atoms with E-state index < -0.39 is 5.60 Å². The first-order chi connectivity index (χ1) is 9.98. The molecule has 0 radical (unpaired) electrons. The van der Waals surface area contributed by atoms with Crippen molar-refractivity contribution in [2.75, 3.05) is 7.11 Å². The predicted octanol–water partition coefficient (Wildman–Crippen LogP) is 4.57. The lowest BCUT2D eigenvalue weighted by molar-refractivity contribution is 0.0855. The molecule has 110 valence electrons. The van der Waals surface area contributed by atoms with Crippen LogP contribution in [0.4, 0.5) is 0 Å². The third-order valence-electron chi connectivity index (χ3n) is 3.69. The Kier molecular flexibility index (Phi) is 4.52. The second kappa shape index (κ2) is 6.17. The fraction of sp³-hybridized carbons (Fsp3) is 0.316. The average molecular weight is 282 g/mol. The molecule has 0 aromatic heterocycles. The van der Waals surface area contributed by atoms with Gasteiger partial charge in [-0.2, -0.15) is 0 Å². The second-order valence-electron chi connectivity index (χ2n) is 5.49. The summed E-state index contributed by atoms with van der Waals surface area (Å²) in [7, 11) is 1.66. The molecule has 0 saturated heterocycles. The molecule has 1 unspecified atom stereocenters. The molecule has 1 atom stereocenters. The highest BCUT2D eigenvalue weighted by Gasteiger charge is 2.24. The maximum absolute atomic E-state index is 10.8. The van der Waals surface area contributed by atoms with Crippen molar-refractivity contribution >= 4 is 10.8 Å². The molecule has 2 aromatic rings. The molecule has 0 spiro atoms. The summed E-state index contributed by atoms with van der Waals surface area (Å²) in [4.78, 5) is 0. The van der Waals surface area contributed by atoms with E-state index >= 15 is 0 Å². The first-order valence-corrected chi connectivity index (χ1v) is 7.20. The third kappa shape index (κ3) is 3.36. The number of aliphatic hydroxyl groups is 1. The van der Waals surface area contributed by atoms with E-state index in [0.717, 1.165) is 27.7 Å². The Morgan fingerprint density at radius 3 is 2.48 bits per heavy atom. The summed E-state index contributed by atoms with van der Waals surface area (Å²) < 4.78 is 5.24. The van der Waals surface area contributed by atoms with Crippen LogP contribution in [0.5, 0.6) is 5.75 Å². The number of hydrogen-bond donors (Lipinski definition) is 1. The van der Waals surface area contributed by atoms with E-state index in [1.807, 2.05) is 57.2 Å². The number of ether oxygens (including phenoxy) is 1. The van der Waals surface area contributed by atoms with Crippen molar-refractivity contribution in [2.45, 2.75) is 32.8 Å². The van der Waals surface area contributed by atoms with Crippen LogP contribution in [-0.4, -0.2) is 12.2 Å². The maximum Gasteiger partial charge on any atom is 0.119 e. The molecule has 0 saturated carbocycles. The first-order valence-electron chi connectivity index (χ1n) is 7.20. The van der Waals surface area contributed by atoms with Gasteiger partial charge in [0, 0.05) is 0 Å². The molecule has 0 aliphatic heterocycles. The summed E-state index contributed by atoms with van der Waals surface area (Å²) in [5, 5.41) is 13.0. The van der Waals surface area contributed by atoms with Crippen LogP contribution >= 0.6 is 0 Å². The standard InChI is InChI=1S/C19H22O2/c1-5-19(20,11-10-14(2)3)17-8-6-16-13-18(21-4)9-7-15(16)12-17/h6-9,11-13,20H,5H2,1-4H3. The van der Waals surface area contributed by atoms with Gasteiger partial charge >= 0.3 is 0 Å². The van der Waals surface area contributed by atoms with Gasteiger partial charge < -0.3 is 9.84 Å². The molecule has 0 fully saturated rings. The van der Waals surface area contributed by atoms with E-state index in [0.29, 0.717) is 6.42 Å². The van der Waals surface area contributed by atoms with Crippen LogP contribution in [0, 0.1) is 0 Å². The van der Waals surface area contributed by atoms with Crippen LogP contribution in [0.1, 0.15) is 32.8 Å². The molecule has 21 heavy (non-hydrogen) atoms. The fourth-order valence-electron chi connectivity index (χ4n) is 2.27. The Labute approximate surface area is 126 Å². The summed E-state index contributed by atoms with van der Waals surface area (Å²) in [6.45, 7) is 5.92. The fourth-order valence-corrected chi connectivity index (χ4v) is 2.27. The number of methoxy groups -OCH3 is 1. The zero-order valence-electron chi connectivity index (χ0n) is 13.1. The van der Waals surface area contributed by atoms with Crippen molar-refractivity contribution in [3.63, 3.8) is 0 Å². The van der Waals surface area contributed by atoms with Gasteiger partial charge in [0.05, 0.1) is 7.11 Å². The Morgan fingerprint density at radius 2 is 1.86 bits per heavy atom. The number of hydrogen-bond acceptors (Lipinski definition) is 2. The van der Waals surface area contributed by atoms with E-state index in [2.05, 4.69) is 5.73 Å². The van der Waals surface area contributed by atoms with Crippen LogP contribution in [-0.2, 0) is 5.60 Å². The van der Waals surface area contributed by atoms with Crippen LogP contribution in [0.25, 0.3) is 10.8 Å². The van der Waals surface area contributed by atoms with Crippen LogP contribution in [0.3, 0.4) is 0 Å². The van der Waals surface area contributed by atoms with Crippen molar-refractivity contribution < 1.29 is 9.84 Å². The molecule has 2 nitrogen and oxygen atoms in total. The molecule has 0 amide bonds. The summed E-state index contributed by atoms with van der Waals surface area (Å²) >= 11 is 0. The lowest BCUT2D eigenvalue weighted by atomic mass is 9.89. The van der Waals surface area contributed by atoms with Gasteiger partial charge in [0.15, 0.2) is 0 Å². The summed E-state index contributed by atoms with van der Waals surface area (Å²) in [5.41, 5.74) is 4.08. The Hall–Kier alpha value is -2.02. The van der Waals surface area contributed by atoms with Gasteiger partial charge in [-0.15, -0.1) is 5.73 Å². The Morgan fingerprint density at radius 1 is 1.19 bits per heavy atom. The highest BCUT2D eigenvalue weighted by Crippen LogP contribution is 2.30. The monoisotopic (exact) mass is 282 g/mol. The van der Waals surface area contributed by atoms with Gasteiger partial charge in [-0.1, -0.05) is 25.1 Å². The topological polar surface area (TPSA) is 29.5 Å². The van der Waals surface area contributed by atoms with Crippen molar-refractivity contribution in [2.24, 2.45) is 0 Å². The van der Waals surface area contributed by atoms with Gasteiger partial charge in [0.1, 0.15) is 11.4 Å². The summed E-state index contributed by atoms with van der Waals surface area (Å²) in [6.07, 6.45) is 2.36. The highest BCUT2D eigenvalue weighted by molar-refractivity contribution is 5.84.